The Morgan fingerprint density at radius 1 is 0.521 bits per heavy atom. The van der Waals surface area contributed by atoms with Gasteiger partial charge in [-0.25, -0.2) is 0 Å². The van der Waals surface area contributed by atoms with Gasteiger partial charge in [0.2, 0.25) is 0 Å². The van der Waals surface area contributed by atoms with Crippen molar-refractivity contribution in [1.29, 1.82) is 0 Å². The molecule has 1 heterocycles. The first-order chi connectivity index (χ1) is 22.7. The Morgan fingerprint density at radius 3 is 1.00 bits per heavy atom. The highest BCUT2D eigenvalue weighted by atomic mass is 32.3. The van der Waals surface area contributed by atoms with Gasteiger partial charge < -0.3 is 15.6 Å². The summed E-state index contributed by atoms with van der Waals surface area (Å²) in [7, 11) is -4.67. The van der Waals surface area contributed by atoms with Gasteiger partial charge in [0.15, 0.2) is 0 Å². The van der Waals surface area contributed by atoms with E-state index in [0.29, 0.717) is 12.8 Å². The molecule has 0 unspecified atom stereocenters. The van der Waals surface area contributed by atoms with Crippen LogP contribution in [0.15, 0.2) is 24.3 Å². The molecule has 0 radical (unpaired) electrons. The Kier molecular flexibility index (Phi) is 44.0. The molecular weight excluding hydrogens is 630 g/mol. The van der Waals surface area contributed by atoms with Crippen molar-refractivity contribution in [2.45, 2.75) is 194 Å². The lowest BCUT2D eigenvalue weighted by Crippen LogP contribution is -2.11. The molecule has 0 aliphatic carbocycles. The summed E-state index contributed by atoms with van der Waals surface area (Å²) in [5, 5.41) is 0. The van der Waals surface area contributed by atoms with Crippen molar-refractivity contribution >= 4 is 22.3 Å². The summed E-state index contributed by atoms with van der Waals surface area (Å²) in [4.78, 5) is 23.8. The van der Waals surface area contributed by atoms with Crippen LogP contribution in [0, 0.1) is 0 Å². The van der Waals surface area contributed by atoms with Crippen molar-refractivity contribution < 1.29 is 36.6 Å². The number of epoxide rings is 1. The van der Waals surface area contributed by atoms with Crippen molar-refractivity contribution in [1.82, 2.24) is 6.15 Å². The number of ether oxygens (including phenoxy) is 2. The summed E-state index contributed by atoms with van der Waals surface area (Å²) in [6.45, 7) is 6.53. The van der Waals surface area contributed by atoms with Gasteiger partial charge in [-0.05, 0) is 64.2 Å². The first-order valence-electron chi connectivity index (χ1n) is 19.0. The molecule has 0 bridgehead atoms. The number of allylic oxidation sites excluding steroid dienone is 4. The van der Waals surface area contributed by atoms with Crippen LogP contribution < -0.4 is 6.15 Å². The van der Waals surface area contributed by atoms with Crippen molar-refractivity contribution in [3.05, 3.63) is 24.3 Å². The van der Waals surface area contributed by atoms with Crippen LogP contribution in [0.4, 0.5) is 0 Å². The molecule has 1 rings (SSSR count). The topological polar surface area (TPSA) is 165 Å². The SMILES string of the molecule is C1CO1.CCCCCCCCC=CCCCCCCCC(=O)OC(=O)CCCCCCC/C=C\CCCCCCCC.N.O=S(=O)(O)O. The molecule has 1 saturated heterocycles. The maximum Gasteiger partial charge on any atom is 0.394 e. The minimum Gasteiger partial charge on any atom is -0.393 e. The van der Waals surface area contributed by atoms with Gasteiger partial charge in [-0.15, -0.1) is 0 Å². The molecule has 0 aromatic heterocycles. The lowest BCUT2D eigenvalue weighted by Gasteiger charge is -2.04. The number of unbranched alkanes of at least 4 members (excludes halogenated alkanes) is 22. The second-order valence-electron chi connectivity index (χ2n) is 12.6. The quantitative estimate of drug-likeness (QED) is 0.0164. The fourth-order valence-electron chi connectivity index (χ4n) is 4.91. The lowest BCUT2D eigenvalue weighted by molar-refractivity contribution is -0.159. The maximum absolute atomic E-state index is 11.9. The molecule has 0 saturated carbocycles. The Balaban J connectivity index is -0.00000197. The summed E-state index contributed by atoms with van der Waals surface area (Å²) in [5.74, 6) is -0.684. The Hall–Kier alpha value is -1.59. The van der Waals surface area contributed by atoms with Crippen molar-refractivity contribution in [2.75, 3.05) is 13.2 Å². The van der Waals surface area contributed by atoms with Gasteiger partial charge in [-0.1, -0.05) is 141 Å². The highest BCUT2D eigenvalue weighted by Gasteiger charge is 2.09. The average molecular weight is 706 g/mol. The van der Waals surface area contributed by atoms with Crippen LogP contribution >= 0.6 is 0 Å². The molecule has 286 valence electrons. The number of hydrogen-bond donors (Lipinski definition) is 3. The summed E-state index contributed by atoms with van der Waals surface area (Å²) < 4.78 is 41.1. The molecule has 1 aliphatic heterocycles. The van der Waals surface area contributed by atoms with Gasteiger partial charge in [0, 0.05) is 12.8 Å². The van der Waals surface area contributed by atoms with Crippen LogP contribution in [0.5, 0.6) is 0 Å². The molecule has 1 fully saturated rings. The van der Waals surface area contributed by atoms with E-state index in [-0.39, 0.29) is 18.1 Å². The smallest absolute Gasteiger partial charge is 0.393 e. The lowest BCUT2D eigenvalue weighted by atomic mass is 10.1. The van der Waals surface area contributed by atoms with Gasteiger partial charge in [0.05, 0.1) is 13.2 Å². The Labute approximate surface area is 295 Å². The number of esters is 2. The monoisotopic (exact) mass is 706 g/mol. The van der Waals surface area contributed by atoms with E-state index < -0.39 is 10.4 Å². The van der Waals surface area contributed by atoms with Crippen LogP contribution in [-0.4, -0.2) is 42.7 Å². The van der Waals surface area contributed by atoms with Gasteiger partial charge in [0.1, 0.15) is 0 Å². The van der Waals surface area contributed by atoms with Gasteiger partial charge in [-0.2, -0.15) is 8.42 Å². The van der Waals surface area contributed by atoms with E-state index in [0.717, 1.165) is 51.7 Å². The van der Waals surface area contributed by atoms with Crippen LogP contribution in [0.25, 0.3) is 0 Å². The Morgan fingerprint density at radius 2 is 0.750 bits per heavy atom. The fraction of sp³-hybridized carbons (Fsp3) is 0.842. The Bertz CT molecular complexity index is 783. The minimum absolute atomic E-state index is 0. The predicted octanol–water partition coefficient (Wildman–Crippen LogP) is 11.7. The van der Waals surface area contributed by atoms with E-state index in [1.54, 1.807) is 0 Å². The molecular formula is C38H75NO8S. The standard InChI is InChI=1S/C36H66O3.C2H4O.H3N.H2O4S/c1-3-5-7-9-11-13-15-17-19-21-23-25-27-29-31-33-35(37)39-36(38)34-32-30-28-26-24-22-20-18-16-14-12-10-8-6-4-2;1-2-3-1;;1-5(2,3)4/h17-20H,3-16,21-34H2,1-2H3;1-2H2;1H3;(H2,1,2,3,4)/b19-17-,20-18?;;;. The first-order valence-corrected chi connectivity index (χ1v) is 20.4. The summed E-state index contributed by atoms with van der Waals surface area (Å²) in [5.41, 5.74) is 0. The zero-order valence-electron chi connectivity index (χ0n) is 31.0. The van der Waals surface area contributed by atoms with Crippen molar-refractivity contribution in [3.8, 4) is 0 Å². The molecule has 1 aliphatic rings. The van der Waals surface area contributed by atoms with Crippen LogP contribution in [0.3, 0.4) is 0 Å². The third-order valence-electron chi connectivity index (χ3n) is 7.72. The van der Waals surface area contributed by atoms with E-state index in [1.807, 2.05) is 0 Å². The van der Waals surface area contributed by atoms with Crippen LogP contribution in [0.1, 0.15) is 194 Å². The van der Waals surface area contributed by atoms with Crippen molar-refractivity contribution in [3.63, 3.8) is 0 Å². The maximum atomic E-state index is 11.9. The highest BCUT2D eigenvalue weighted by molar-refractivity contribution is 7.79. The third-order valence-corrected chi connectivity index (χ3v) is 7.72. The summed E-state index contributed by atoms with van der Waals surface area (Å²) in [6, 6.07) is 0. The van der Waals surface area contributed by atoms with Crippen LogP contribution in [0.2, 0.25) is 0 Å². The number of hydrogen-bond acceptors (Lipinski definition) is 7. The van der Waals surface area contributed by atoms with Gasteiger partial charge in [-0.3, -0.25) is 18.7 Å². The molecule has 0 atom stereocenters. The average Bonchev–Trinajstić information content (AvgIpc) is 3.90. The number of carbonyl (C=O) groups is 2. The predicted molar refractivity (Wildman–Crippen MR) is 200 cm³/mol. The molecule has 10 heteroatoms. The second kappa shape index (κ2) is 41.6. The summed E-state index contributed by atoms with van der Waals surface area (Å²) >= 11 is 0. The molecule has 5 N–H and O–H groups in total. The molecule has 0 aromatic carbocycles. The van der Waals surface area contributed by atoms with E-state index in [9.17, 15) is 9.59 Å². The van der Waals surface area contributed by atoms with E-state index in [1.165, 1.54) is 128 Å². The minimum atomic E-state index is -4.67. The van der Waals surface area contributed by atoms with Gasteiger partial charge in [0.25, 0.3) is 0 Å². The highest BCUT2D eigenvalue weighted by Crippen LogP contribution is 2.12. The first kappa shape index (κ1) is 50.8. The van der Waals surface area contributed by atoms with Crippen molar-refractivity contribution in [2.24, 2.45) is 0 Å². The molecule has 0 spiro atoms. The third kappa shape index (κ3) is 59.8. The largest absolute Gasteiger partial charge is 0.394 e. The fourth-order valence-corrected chi connectivity index (χ4v) is 4.91. The van der Waals surface area contributed by atoms with E-state index in [4.69, 9.17) is 22.3 Å². The summed E-state index contributed by atoms with van der Waals surface area (Å²) in [6.07, 6.45) is 42.2. The molecule has 0 amide bonds. The zero-order chi connectivity index (χ0) is 35.1. The zero-order valence-corrected chi connectivity index (χ0v) is 31.8. The number of rotatable bonds is 30. The molecule has 9 nitrogen and oxygen atoms in total. The second-order valence-corrected chi connectivity index (χ2v) is 13.5. The van der Waals surface area contributed by atoms with E-state index in [2.05, 4.69) is 42.9 Å². The number of carbonyl (C=O) groups excluding carboxylic acids is 2. The molecule has 48 heavy (non-hydrogen) atoms. The van der Waals surface area contributed by atoms with Crippen LogP contribution in [-0.2, 0) is 29.5 Å². The van der Waals surface area contributed by atoms with E-state index >= 15 is 0 Å². The molecule has 0 aromatic rings. The van der Waals surface area contributed by atoms with Gasteiger partial charge >= 0.3 is 22.3 Å². The normalized spacial score (nSPS) is 12.2.